The molecule has 0 saturated heterocycles. The molecule has 1 aromatic carbocycles. The van der Waals surface area contributed by atoms with Gasteiger partial charge in [0, 0.05) is 11.8 Å². The first-order valence-electron chi connectivity index (χ1n) is 6.44. The van der Waals surface area contributed by atoms with Crippen LogP contribution in [-0.4, -0.2) is 18.2 Å². The molecule has 0 atom stereocenters. The zero-order valence-corrected chi connectivity index (χ0v) is 12.3. The van der Waals surface area contributed by atoms with Gasteiger partial charge in [-0.25, -0.2) is 4.79 Å². The summed E-state index contributed by atoms with van der Waals surface area (Å²) < 4.78 is 11.0. The van der Waals surface area contributed by atoms with E-state index in [1.54, 1.807) is 18.2 Å². The van der Waals surface area contributed by atoms with Gasteiger partial charge in [-0.15, -0.1) is 0 Å². The predicted octanol–water partition coefficient (Wildman–Crippen LogP) is 3.26. The highest BCUT2D eigenvalue weighted by atomic mass is 16.6. The summed E-state index contributed by atoms with van der Waals surface area (Å²) in [5.41, 5.74) is 6.16. The van der Waals surface area contributed by atoms with Gasteiger partial charge in [-0.3, -0.25) is 0 Å². The monoisotopic (exact) mass is 265 g/mol. The molecule has 0 bridgehead atoms. The summed E-state index contributed by atoms with van der Waals surface area (Å²) in [7, 11) is 0. The van der Waals surface area contributed by atoms with Gasteiger partial charge in [-0.05, 0) is 38.8 Å². The van der Waals surface area contributed by atoms with Crippen molar-refractivity contribution < 1.29 is 14.3 Å². The van der Waals surface area contributed by atoms with Crippen molar-refractivity contribution in [1.82, 2.24) is 0 Å². The molecule has 4 nitrogen and oxygen atoms in total. The molecule has 2 N–H and O–H groups in total. The molecular weight excluding hydrogens is 242 g/mol. The Hall–Kier alpha value is -1.71. The molecule has 0 radical (unpaired) electrons. The van der Waals surface area contributed by atoms with Gasteiger partial charge < -0.3 is 15.2 Å². The number of esters is 1. The van der Waals surface area contributed by atoms with E-state index in [-0.39, 0.29) is 0 Å². The third-order valence-corrected chi connectivity index (χ3v) is 2.20. The molecule has 0 heterocycles. The van der Waals surface area contributed by atoms with Crippen LogP contribution in [0, 0.1) is 5.92 Å². The van der Waals surface area contributed by atoms with Crippen molar-refractivity contribution in [2.45, 2.75) is 40.2 Å². The van der Waals surface area contributed by atoms with Crippen LogP contribution in [0.25, 0.3) is 0 Å². The summed E-state index contributed by atoms with van der Waals surface area (Å²) in [6.45, 7) is 10.1. The molecule has 19 heavy (non-hydrogen) atoms. The predicted molar refractivity (Wildman–Crippen MR) is 76.4 cm³/mol. The van der Waals surface area contributed by atoms with Crippen LogP contribution in [-0.2, 0) is 4.74 Å². The minimum Gasteiger partial charge on any atom is -0.492 e. The lowest BCUT2D eigenvalue weighted by atomic mass is 10.1. The van der Waals surface area contributed by atoms with Crippen LogP contribution in [0.3, 0.4) is 0 Å². The first-order valence-corrected chi connectivity index (χ1v) is 6.44. The number of ether oxygens (including phenoxy) is 2. The number of carbonyl (C=O) groups excluding carboxylic acids is 1. The van der Waals surface area contributed by atoms with Crippen molar-refractivity contribution in [3.05, 3.63) is 23.8 Å². The maximum Gasteiger partial charge on any atom is 0.342 e. The number of nitrogen functional groups attached to an aromatic ring is 1. The Bertz CT molecular complexity index is 447. The Morgan fingerprint density at radius 3 is 2.47 bits per heavy atom. The van der Waals surface area contributed by atoms with Crippen LogP contribution < -0.4 is 10.5 Å². The maximum absolute atomic E-state index is 12.1. The molecule has 1 aromatic rings. The summed E-state index contributed by atoms with van der Waals surface area (Å²) in [6, 6.07) is 4.96. The quantitative estimate of drug-likeness (QED) is 0.670. The van der Waals surface area contributed by atoms with E-state index < -0.39 is 11.6 Å². The average molecular weight is 265 g/mol. The number of benzene rings is 1. The fourth-order valence-corrected chi connectivity index (χ4v) is 1.42. The molecule has 0 aliphatic rings. The number of hydrogen-bond acceptors (Lipinski definition) is 4. The second-order valence-electron chi connectivity index (χ2n) is 5.96. The minimum atomic E-state index is -0.534. The van der Waals surface area contributed by atoms with Crippen molar-refractivity contribution in [2.24, 2.45) is 5.92 Å². The van der Waals surface area contributed by atoms with E-state index in [0.29, 0.717) is 29.5 Å². The molecule has 4 heteroatoms. The highest BCUT2D eigenvalue weighted by molar-refractivity contribution is 5.93. The zero-order valence-electron chi connectivity index (χ0n) is 12.3. The molecular formula is C15H23NO3. The van der Waals surface area contributed by atoms with Gasteiger partial charge in [0.2, 0.25) is 0 Å². The largest absolute Gasteiger partial charge is 0.492 e. The summed E-state index contributed by atoms with van der Waals surface area (Å²) in [6.07, 6.45) is 0. The molecule has 0 saturated carbocycles. The highest BCUT2D eigenvalue weighted by Crippen LogP contribution is 2.25. The lowest BCUT2D eigenvalue weighted by Gasteiger charge is -2.21. The Kier molecular flexibility index (Phi) is 4.81. The van der Waals surface area contributed by atoms with Crippen LogP contribution in [0.2, 0.25) is 0 Å². The lowest BCUT2D eigenvalue weighted by Crippen LogP contribution is -2.24. The van der Waals surface area contributed by atoms with Gasteiger partial charge in [0.1, 0.15) is 16.9 Å². The molecule has 0 unspecified atom stereocenters. The fourth-order valence-electron chi connectivity index (χ4n) is 1.42. The van der Waals surface area contributed by atoms with E-state index in [2.05, 4.69) is 0 Å². The van der Waals surface area contributed by atoms with Crippen molar-refractivity contribution in [2.75, 3.05) is 12.3 Å². The molecule has 0 aliphatic carbocycles. The molecule has 0 aromatic heterocycles. The normalized spacial score (nSPS) is 11.5. The van der Waals surface area contributed by atoms with Gasteiger partial charge in [0.15, 0.2) is 0 Å². The summed E-state index contributed by atoms with van der Waals surface area (Å²) in [4.78, 5) is 12.1. The third-order valence-electron chi connectivity index (χ3n) is 2.20. The Balaban J connectivity index is 2.95. The average Bonchev–Trinajstić information content (AvgIpc) is 2.23. The maximum atomic E-state index is 12.1. The van der Waals surface area contributed by atoms with Crippen LogP contribution in [0.4, 0.5) is 5.69 Å². The second-order valence-corrected chi connectivity index (χ2v) is 5.96. The smallest absolute Gasteiger partial charge is 0.342 e. The van der Waals surface area contributed by atoms with E-state index >= 15 is 0 Å². The van der Waals surface area contributed by atoms with Crippen LogP contribution in [0.5, 0.6) is 5.75 Å². The minimum absolute atomic E-state index is 0.368. The van der Waals surface area contributed by atoms with Crippen LogP contribution in [0.15, 0.2) is 18.2 Å². The lowest BCUT2D eigenvalue weighted by molar-refractivity contribution is 0.00654. The fraction of sp³-hybridized carbons (Fsp3) is 0.533. The molecule has 0 aliphatic heterocycles. The second kappa shape index (κ2) is 5.95. The first kappa shape index (κ1) is 15.3. The van der Waals surface area contributed by atoms with E-state index in [4.69, 9.17) is 15.2 Å². The van der Waals surface area contributed by atoms with Crippen LogP contribution >= 0.6 is 0 Å². The molecule has 0 fully saturated rings. The van der Waals surface area contributed by atoms with Gasteiger partial charge in [0.05, 0.1) is 6.61 Å². The van der Waals surface area contributed by atoms with E-state index in [0.717, 1.165) is 0 Å². The number of carbonyl (C=O) groups is 1. The number of nitrogens with two attached hydrogens (primary N) is 1. The molecule has 1 rings (SSSR count). The van der Waals surface area contributed by atoms with Crippen molar-refractivity contribution in [3.8, 4) is 5.75 Å². The van der Waals surface area contributed by atoms with Gasteiger partial charge in [-0.2, -0.15) is 0 Å². The summed E-state index contributed by atoms with van der Waals surface area (Å²) in [5, 5.41) is 0. The van der Waals surface area contributed by atoms with E-state index in [1.165, 1.54) is 0 Å². The summed E-state index contributed by atoms with van der Waals surface area (Å²) in [5.74, 6) is 0.446. The topological polar surface area (TPSA) is 61.5 Å². The first-order chi connectivity index (χ1) is 8.69. The molecule has 106 valence electrons. The SMILES string of the molecule is CC(C)COc1cc(N)ccc1C(=O)OC(C)(C)C. The Labute approximate surface area is 114 Å². The summed E-state index contributed by atoms with van der Waals surface area (Å²) >= 11 is 0. The number of anilines is 1. The standard InChI is InChI=1S/C15H23NO3/c1-10(2)9-18-13-8-11(16)6-7-12(13)14(17)19-15(3,4)5/h6-8,10H,9,16H2,1-5H3. The third kappa shape index (κ3) is 5.20. The van der Waals surface area contributed by atoms with Crippen LogP contribution in [0.1, 0.15) is 45.0 Å². The Morgan fingerprint density at radius 1 is 1.32 bits per heavy atom. The van der Waals surface area contributed by atoms with Gasteiger partial charge in [0.25, 0.3) is 0 Å². The van der Waals surface area contributed by atoms with Gasteiger partial charge in [-0.1, -0.05) is 13.8 Å². The molecule has 0 spiro atoms. The van der Waals surface area contributed by atoms with E-state index in [1.807, 2.05) is 34.6 Å². The molecule has 0 amide bonds. The van der Waals surface area contributed by atoms with Crippen molar-refractivity contribution >= 4 is 11.7 Å². The Morgan fingerprint density at radius 2 is 1.95 bits per heavy atom. The van der Waals surface area contributed by atoms with Crippen molar-refractivity contribution in [3.63, 3.8) is 0 Å². The number of rotatable bonds is 4. The zero-order chi connectivity index (χ0) is 14.6. The number of hydrogen-bond donors (Lipinski definition) is 1. The van der Waals surface area contributed by atoms with E-state index in [9.17, 15) is 4.79 Å². The highest BCUT2D eigenvalue weighted by Gasteiger charge is 2.21. The van der Waals surface area contributed by atoms with Gasteiger partial charge >= 0.3 is 5.97 Å². The van der Waals surface area contributed by atoms with Crippen molar-refractivity contribution in [1.29, 1.82) is 0 Å².